The van der Waals surface area contributed by atoms with Crippen LogP contribution in [0.1, 0.15) is 12.0 Å². The summed E-state index contributed by atoms with van der Waals surface area (Å²) in [7, 11) is 9.81. The fraction of sp³-hybridized carbons (Fsp3) is 0.346. The Kier molecular flexibility index (Phi) is 6.70. The van der Waals surface area contributed by atoms with E-state index in [2.05, 4.69) is 18.0 Å². The van der Waals surface area contributed by atoms with Crippen LogP contribution >= 0.6 is 0 Å². The lowest BCUT2D eigenvalue weighted by Crippen LogP contribution is -2.24. The maximum absolute atomic E-state index is 13.4. The van der Waals surface area contributed by atoms with E-state index < -0.39 is 0 Å². The second kappa shape index (κ2) is 9.69. The second-order valence-electron chi connectivity index (χ2n) is 7.99. The SMILES string of the molecule is COc1cc(-c2cc(=O)c3c(OC)cc(OC)c(C4=CCN(C)CC4)c3o2)cc(OC)c1OC. The van der Waals surface area contributed by atoms with Crippen LogP contribution in [0.5, 0.6) is 28.7 Å². The van der Waals surface area contributed by atoms with Crippen LogP contribution in [0.4, 0.5) is 0 Å². The van der Waals surface area contributed by atoms with Crippen LogP contribution in [0.25, 0.3) is 27.9 Å². The predicted molar refractivity (Wildman–Crippen MR) is 131 cm³/mol. The van der Waals surface area contributed by atoms with Crippen molar-refractivity contribution in [3.63, 3.8) is 0 Å². The third-order valence-corrected chi connectivity index (χ3v) is 6.05. The summed E-state index contributed by atoms with van der Waals surface area (Å²) in [6.07, 6.45) is 2.94. The first kappa shape index (κ1) is 23.5. The Balaban J connectivity index is 2.04. The number of fused-ring (bicyclic) bond motifs is 1. The Hall–Kier alpha value is -3.65. The highest BCUT2D eigenvalue weighted by molar-refractivity contribution is 5.97. The molecule has 0 aliphatic carbocycles. The summed E-state index contributed by atoms with van der Waals surface area (Å²) in [6.45, 7) is 1.68. The lowest BCUT2D eigenvalue weighted by molar-refractivity contribution is 0.324. The summed E-state index contributed by atoms with van der Waals surface area (Å²) >= 11 is 0. The molecule has 34 heavy (non-hydrogen) atoms. The first-order valence-electron chi connectivity index (χ1n) is 10.9. The Morgan fingerprint density at radius 1 is 0.824 bits per heavy atom. The molecule has 8 nitrogen and oxygen atoms in total. The molecule has 0 N–H and O–H groups in total. The molecule has 0 unspecified atom stereocenters. The molecule has 0 amide bonds. The van der Waals surface area contributed by atoms with Crippen molar-refractivity contribution in [2.45, 2.75) is 6.42 Å². The largest absolute Gasteiger partial charge is 0.496 e. The van der Waals surface area contributed by atoms with Gasteiger partial charge in [0, 0.05) is 30.8 Å². The topological polar surface area (TPSA) is 79.6 Å². The molecule has 2 aromatic carbocycles. The van der Waals surface area contributed by atoms with Crippen LogP contribution in [0, 0.1) is 0 Å². The molecule has 0 spiro atoms. The molecule has 2 heterocycles. The molecule has 1 aliphatic rings. The van der Waals surface area contributed by atoms with Crippen molar-refractivity contribution < 1.29 is 28.1 Å². The fourth-order valence-electron chi connectivity index (χ4n) is 4.27. The molecule has 8 heteroatoms. The number of methoxy groups -OCH3 is 5. The van der Waals surface area contributed by atoms with E-state index in [4.69, 9.17) is 28.1 Å². The van der Waals surface area contributed by atoms with Crippen LogP contribution in [-0.4, -0.2) is 60.6 Å². The van der Waals surface area contributed by atoms with E-state index in [1.807, 2.05) is 0 Å². The lowest BCUT2D eigenvalue weighted by Gasteiger charge is -2.24. The summed E-state index contributed by atoms with van der Waals surface area (Å²) in [5.41, 5.74) is 2.63. The van der Waals surface area contributed by atoms with Crippen molar-refractivity contribution in [3.8, 4) is 40.1 Å². The van der Waals surface area contributed by atoms with E-state index in [0.717, 1.165) is 30.6 Å². The van der Waals surface area contributed by atoms with E-state index in [-0.39, 0.29) is 5.43 Å². The van der Waals surface area contributed by atoms with Gasteiger partial charge in [-0.25, -0.2) is 0 Å². The van der Waals surface area contributed by atoms with Gasteiger partial charge in [-0.3, -0.25) is 4.79 Å². The number of benzene rings is 2. The van der Waals surface area contributed by atoms with Gasteiger partial charge in [0.25, 0.3) is 0 Å². The quantitative estimate of drug-likeness (QED) is 0.511. The van der Waals surface area contributed by atoms with Crippen LogP contribution in [0.15, 0.2) is 39.6 Å². The third-order valence-electron chi connectivity index (χ3n) is 6.05. The average Bonchev–Trinajstić information content (AvgIpc) is 2.87. The Labute approximate surface area is 198 Å². The van der Waals surface area contributed by atoms with Crippen LogP contribution in [0.2, 0.25) is 0 Å². The molecule has 0 radical (unpaired) electrons. The molecular weight excluding hydrogens is 438 g/mol. The zero-order valence-corrected chi connectivity index (χ0v) is 20.3. The standard InChI is InChI=1S/C26H29NO7/c1-27-9-7-15(8-10-27)23-19(29-2)14-20(30-3)24-17(28)13-18(34-26(23)24)16-11-21(31-4)25(33-6)22(12-16)32-5/h7,11-14H,8-10H2,1-6H3. The maximum atomic E-state index is 13.4. The van der Waals surface area contributed by atoms with Gasteiger partial charge in [0.05, 0.1) is 41.1 Å². The molecule has 3 aromatic rings. The van der Waals surface area contributed by atoms with Gasteiger partial charge in [-0.05, 0) is 31.2 Å². The fourth-order valence-corrected chi connectivity index (χ4v) is 4.27. The highest BCUT2D eigenvalue weighted by atomic mass is 16.5. The number of rotatable bonds is 7. The molecule has 0 saturated heterocycles. The highest BCUT2D eigenvalue weighted by Gasteiger charge is 2.24. The molecule has 180 valence electrons. The van der Waals surface area contributed by atoms with E-state index in [1.165, 1.54) is 34.5 Å². The van der Waals surface area contributed by atoms with E-state index in [1.54, 1.807) is 25.3 Å². The number of nitrogens with zero attached hydrogens (tertiary/aromatic N) is 1. The van der Waals surface area contributed by atoms with E-state index in [9.17, 15) is 4.79 Å². The van der Waals surface area contributed by atoms with E-state index in [0.29, 0.717) is 51.0 Å². The minimum atomic E-state index is -0.223. The minimum absolute atomic E-state index is 0.223. The van der Waals surface area contributed by atoms with Gasteiger partial charge in [0.2, 0.25) is 5.75 Å². The van der Waals surface area contributed by atoms with Crippen molar-refractivity contribution in [2.75, 3.05) is 55.7 Å². The summed E-state index contributed by atoms with van der Waals surface area (Å²) in [5, 5.41) is 0.370. The highest BCUT2D eigenvalue weighted by Crippen LogP contribution is 2.44. The minimum Gasteiger partial charge on any atom is -0.496 e. The first-order chi connectivity index (χ1) is 16.4. The Bertz CT molecular complexity index is 1280. The molecule has 0 fully saturated rings. The van der Waals surface area contributed by atoms with Gasteiger partial charge in [0.1, 0.15) is 22.6 Å². The summed E-state index contributed by atoms with van der Waals surface area (Å²) in [5.74, 6) is 2.72. The molecular formula is C26H29NO7. The zero-order valence-electron chi connectivity index (χ0n) is 20.3. The van der Waals surface area contributed by atoms with Gasteiger partial charge >= 0.3 is 0 Å². The lowest BCUT2D eigenvalue weighted by atomic mass is 9.95. The van der Waals surface area contributed by atoms with Crippen molar-refractivity contribution in [1.82, 2.24) is 4.90 Å². The van der Waals surface area contributed by atoms with Crippen molar-refractivity contribution >= 4 is 16.5 Å². The second-order valence-corrected chi connectivity index (χ2v) is 7.99. The zero-order chi connectivity index (χ0) is 24.4. The monoisotopic (exact) mass is 467 g/mol. The molecule has 1 aliphatic heterocycles. The van der Waals surface area contributed by atoms with Gasteiger partial charge in [-0.2, -0.15) is 0 Å². The predicted octanol–water partition coefficient (Wildman–Crippen LogP) is 4.22. The summed E-state index contributed by atoms with van der Waals surface area (Å²) in [4.78, 5) is 15.6. The van der Waals surface area contributed by atoms with Gasteiger partial charge in [-0.1, -0.05) is 6.08 Å². The van der Waals surface area contributed by atoms with Crippen LogP contribution in [-0.2, 0) is 0 Å². The Morgan fingerprint density at radius 3 is 2.00 bits per heavy atom. The number of hydrogen-bond donors (Lipinski definition) is 0. The van der Waals surface area contributed by atoms with Gasteiger partial charge in [-0.15, -0.1) is 0 Å². The number of hydrogen-bond acceptors (Lipinski definition) is 8. The Morgan fingerprint density at radius 2 is 1.47 bits per heavy atom. The number of ether oxygens (including phenoxy) is 5. The number of likely N-dealkylation sites (N-methyl/N-ethyl adjacent to an activating group) is 1. The van der Waals surface area contributed by atoms with Crippen molar-refractivity contribution in [3.05, 3.63) is 46.1 Å². The first-order valence-corrected chi connectivity index (χ1v) is 10.9. The molecule has 0 saturated carbocycles. The third kappa shape index (κ3) is 4.05. The average molecular weight is 468 g/mol. The van der Waals surface area contributed by atoms with Crippen LogP contribution < -0.4 is 29.1 Å². The van der Waals surface area contributed by atoms with Gasteiger partial charge in [0.15, 0.2) is 22.5 Å². The van der Waals surface area contributed by atoms with Gasteiger partial charge < -0.3 is 33.0 Å². The van der Waals surface area contributed by atoms with Crippen molar-refractivity contribution in [1.29, 1.82) is 0 Å². The molecule has 0 atom stereocenters. The molecule has 1 aromatic heterocycles. The van der Waals surface area contributed by atoms with Crippen LogP contribution in [0.3, 0.4) is 0 Å². The normalized spacial score (nSPS) is 14.0. The molecule has 4 rings (SSSR count). The molecule has 0 bridgehead atoms. The van der Waals surface area contributed by atoms with E-state index >= 15 is 0 Å². The summed E-state index contributed by atoms with van der Waals surface area (Å²) in [6, 6.07) is 6.69. The maximum Gasteiger partial charge on any atom is 0.203 e. The van der Waals surface area contributed by atoms with Crippen molar-refractivity contribution in [2.24, 2.45) is 0 Å². The summed E-state index contributed by atoms with van der Waals surface area (Å²) < 4.78 is 34.1. The smallest absolute Gasteiger partial charge is 0.203 e.